The Kier molecular flexibility index (Phi) is 1.03. The van der Waals surface area contributed by atoms with Gasteiger partial charge in [-0.25, -0.2) is 4.98 Å². The number of aromatic amines is 1. The number of nitrogens with one attached hydrogen (secondary N) is 1. The van der Waals surface area contributed by atoms with Crippen LogP contribution in [0.15, 0.2) is 12.0 Å². The van der Waals surface area contributed by atoms with Crippen LogP contribution in [0.25, 0.3) is 6.08 Å². The molecule has 0 unspecified atom stereocenters. The van der Waals surface area contributed by atoms with Gasteiger partial charge in [-0.3, -0.25) is 0 Å². The zero-order chi connectivity index (χ0) is 6.97. The minimum absolute atomic E-state index is 0.930. The second-order valence-corrected chi connectivity index (χ2v) is 2.49. The average molecular weight is 135 g/mol. The summed E-state index contributed by atoms with van der Waals surface area (Å²) in [5, 5.41) is 0. The highest BCUT2D eigenvalue weighted by molar-refractivity contribution is 5.53. The van der Waals surface area contributed by atoms with Crippen LogP contribution in [0.3, 0.4) is 0 Å². The molecular weight excluding hydrogens is 126 g/mol. The molecule has 2 rings (SSSR count). The number of hydrogen-bond acceptors (Lipinski definition) is 2. The van der Waals surface area contributed by atoms with Crippen LogP contribution in [0.1, 0.15) is 17.8 Å². The summed E-state index contributed by atoms with van der Waals surface area (Å²) in [7, 11) is 0. The van der Waals surface area contributed by atoms with Gasteiger partial charge in [0, 0.05) is 11.4 Å². The number of aromatic nitrogens is 2. The first-order valence-electron chi connectivity index (χ1n) is 3.34. The number of H-pyrrole nitrogens is 1. The van der Waals surface area contributed by atoms with E-state index in [9.17, 15) is 0 Å². The van der Waals surface area contributed by atoms with E-state index in [2.05, 4.69) is 9.97 Å². The van der Waals surface area contributed by atoms with Gasteiger partial charge >= 0.3 is 0 Å². The van der Waals surface area contributed by atoms with Crippen LogP contribution in [0.2, 0.25) is 0 Å². The second-order valence-electron chi connectivity index (χ2n) is 2.49. The summed E-state index contributed by atoms with van der Waals surface area (Å²) in [5.74, 6) is 0. The molecule has 0 aliphatic heterocycles. The first-order valence-corrected chi connectivity index (χ1v) is 3.34. The van der Waals surface area contributed by atoms with E-state index in [0.29, 0.717) is 0 Å². The Morgan fingerprint density at radius 2 is 2.40 bits per heavy atom. The smallest absolute Gasteiger partial charge is 0.0929 e. The Labute approximate surface area is 59.0 Å². The first-order chi connectivity index (χ1) is 4.86. The molecule has 0 aromatic carbocycles. The molecule has 1 aromatic rings. The second kappa shape index (κ2) is 1.87. The monoisotopic (exact) mass is 135 g/mol. The molecule has 10 heavy (non-hydrogen) atoms. The highest BCUT2D eigenvalue weighted by Crippen LogP contribution is 2.16. The van der Waals surface area contributed by atoms with Gasteiger partial charge in [0.2, 0.25) is 0 Å². The fourth-order valence-electron chi connectivity index (χ4n) is 1.17. The zero-order valence-corrected chi connectivity index (χ0v) is 5.59. The predicted octanol–water partition coefficient (Wildman–Crippen LogP) is 0.656. The fourth-order valence-corrected chi connectivity index (χ4v) is 1.17. The minimum atomic E-state index is 0.930. The van der Waals surface area contributed by atoms with Gasteiger partial charge in [0.25, 0.3) is 0 Å². The van der Waals surface area contributed by atoms with Crippen molar-refractivity contribution in [3.63, 3.8) is 0 Å². The van der Waals surface area contributed by atoms with Crippen molar-refractivity contribution in [3.8, 4) is 0 Å². The number of nitrogens with zero attached hydrogens (tertiary/aromatic N) is 1. The van der Waals surface area contributed by atoms with Crippen LogP contribution >= 0.6 is 0 Å². The van der Waals surface area contributed by atoms with E-state index in [1.165, 1.54) is 5.69 Å². The van der Waals surface area contributed by atoms with E-state index in [-0.39, 0.29) is 0 Å². The van der Waals surface area contributed by atoms with Crippen molar-refractivity contribution in [1.82, 2.24) is 9.97 Å². The van der Waals surface area contributed by atoms with Crippen molar-refractivity contribution < 1.29 is 0 Å². The maximum atomic E-state index is 5.62. The predicted molar refractivity (Wildman–Crippen MR) is 39.1 cm³/mol. The molecule has 1 aliphatic carbocycles. The van der Waals surface area contributed by atoms with Crippen LogP contribution in [0, 0.1) is 0 Å². The Balaban J connectivity index is 2.50. The maximum Gasteiger partial charge on any atom is 0.0929 e. The summed E-state index contributed by atoms with van der Waals surface area (Å²) in [6.45, 7) is 0. The van der Waals surface area contributed by atoms with Crippen molar-refractivity contribution in [1.29, 1.82) is 0 Å². The molecule has 0 amide bonds. The molecule has 1 aromatic heterocycles. The van der Waals surface area contributed by atoms with Crippen molar-refractivity contribution in [2.45, 2.75) is 12.8 Å². The van der Waals surface area contributed by atoms with E-state index in [4.69, 9.17) is 5.73 Å². The number of imidazole rings is 1. The molecule has 3 heteroatoms. The lowest BCUT2D eigenvalue weighted by Crippen LogP contribution is -2.05. The summed E-state index contributed by atoms with van der Waals surface area (Å²) in [5.41, 5.74) is 8.75. The summed E-state index contributed by atoms with van der Waals surface area (Å²) in [6.07, 6.45) is 5.59. The molecule has 0 atom stereocenters. The third-order valence-corrected chi connectivity index (χ3v) is 1.74. The summed E-state index contributed by atoms with van der Waals surface area (Å²) in [4.78, 5) is 7.16. The maximum absolute atomic E-state index is 5.62. The zero-order valence-electron chi connectivity index (χ0n) is 5.59. The van der Waals surface area contributed by atoms with Gasteiger partial charge in [-0.15, -0.1) is 0 Å². The van der Waals surface area contributed by atoms with Crippen molar-refractivity contribution >= 4 is 6.08 Å². The Morgan fingerprint density at radius 1 is 1.50 bits per heavy atom. The van der Waals surface area contributed by atoms with Crippen molar-refractivity contribution in [3.05, 3.63) is 23.4 Å². The first kappa shape index (κ1) is 5.53. The van der Waals surface area contributed by atoms with Gasteiger partial charge in [0.15, 0.2) is 0 Å². The molecule has 0 fully saturated rings. The number of fused-ring (bicyclic) bond motifs is 1. The molecule has 52 valence electrons. The van der Waals surface area contributed by atoms with Crippen LogP contribution < -0.4 is 5.73 Å². The van der Waals surface area contributed by atoms with E-state index < -0.39 is 0 Å². The van der Waals surface area contributed by atoms with E-state index in [1.54, 1.807) is 6.33 Å². The lowest BCUT2D eigenvalue weighted by atomic mass is 10.1. The van der Waals surface area contributed by atoms with Gasteiger partial charge in [0.1, 0.15) is 0 Å². The van der Waals surface area contributed by atoms with Crippen LogP contribution in [-0.4, -0.2) is 9.97 Å². The van der Waals surface area contributed by atoms with Gasteiger partial charge in [-0.1, -0.05) is 0 Å². The quantitative estimate of drug-likeness (QED) is 0.549. The van der Waals surface area contributed by atoms with Crippen LogP contribution in [-0.2, 0) is 6.42 Å². The lowest BCUT2D eigenvalue weighted by molar-refractivity contribution is 0.884. The van der Waals surface area contributed by atoms with Crippen LogP contribution in [0.4, 0.5) is 0 Å². The molecule has 3 nitrogen and oxygen atoms in total. The van der Waals surface area contributed by atoms with Gasteiger partial charge in [-0.2, -0.15) is 0 Å². The molecule has 0 spiro atoms. The topological polar surface area (TPSA) is 54.7 Å². The average Bonchev–Trinajstić information content (AvgIpc) is 2.33. The third kappa shape index (κ3) is 0.708. The molecule has 0 saturated heterocycles. The van der Waals surface area contributed by atoms with E-state index in [0.717, 1.165) is 24.2 Å². The van der Waals surface area contributed by atoms with Crippen LogP contribution in [0.5, 0.6) is 0 Å². The molecule has 0 bridgehead atoms. The fraction of sp³-hybridized carbons (Fsp3) is 0.286. The largest absolute Gasteiger partial charge is 0.402 e. The SMILES string of the molecule is NC1=Cc2nc[nH]c2CC1. The Hall–Kier alpha value is -1.25. The number of nitrogens with two attached hydrogens (primary N) is 1. The molecule has 3 N–H and O–H groups in total. The number of allylic oxidation sites excluding steroid dienone is 1. The molecule has 1 aliphatic rings. The Bertz CT molecular complexity index is 272. The Morgan fingerprint density at radius 3 is 3.30 bits per heavy atom. The van der Waals surface area contributed by atoms with E-state index in [1.807, 2.05) is 6.08 Å². The number of hydrogen-bond donors (Lipinski definition) is 2. The van der Waals surface area contributed by atoms with Gasteiger partial charge in [-0.05, 0) is 18.9 Å². The summed E-state index contributed by atoms with van der Waals surface area (Å²) >= 11 is 0. The number of aryl methyl sites for hydroxylation is 1. The summed E-state index contributed by atoms with van der Waals surface area (Å²) < 4.78 is 0. The lowest BCUT2D eigenvalue weighted by Gasteiger charge is -2.06. The third-order valence-electron chi connectivity index (χ3n) is 1.74. The standard InChI is InChI=1S/C7H9N3/c8-5-1-2-6-7(3-5)10-4-9-6/h3-4H,1-2,8H2,(H,9,10). The van der Waals surface area contributed by atoms with Crippen molar-refractivity contribution in [2.24, 2.45) is 5.73 Å². The molecule has 0 saturated carbocycles. The van der Waals surface area contributed by atoms with Gasteiger partial charge in [0.05, 0.1) is 12.0 Å². The van der Waals surface area contributed by atoms with Gasteiger partial charge < -0.3 is 10.7 Å². The van der Waals surface area contributed by atoms with E-state index >= 15 is 0 Å². The van der Waals surface area contributed by atoms with Crippen molar-refractivity contribution in [2.75, 3.05) is 0 Å². The highest BCUT2D eigenvalue weighted by Gasteiger charge is 2.08. The molecular formula is C7H9N3. The number of rotatable bonds is 0. The highest BCUT2D eigenvalue weighted by atomic mass is 14.9. The normalized spacial score (nSPS) is 16.2. The molecule has 0 radical (unpaired) electrons. The molecule has 1 heterocycles. The summed E-state index contributed by atoms with van der Waals surface area (Å²) in [6, 6.07) is 0. The minimum Gasteiger partial charge on any atom is -0.402 e.